The monoisotopic (exact) mass is 400 g/mol. The zero-order chi connectivity index (χ0) is 20.5. The van der Waals surface area contributed by atoms with Crippen molar-refractivity contribution in [3.63, 3.8) is 0 Å². The average molecular weight is 401 g/mol. The van der Waals surface area contributed by atoms with Gasteiger partial charge in [-0.25, -0.2) is 0 Å². The summed E-state index contributed by atoms with van der Waals surface area (Å²) >= 11 is 0. The van der Waals surface area contributed by atoms with E-state index in [4.69, 9.17) is 0 Å². The van der Waals surface area contributed by atoms with Gasteiger partial charge in [-0.1, -0.05) is 34.1 Å². The zero-order valence-electron chi connectivity index (χ0n) is 18.1. The summed E-state index contributed by atoms with van der Waals surface area (Å²) in [5, 5.41) is 10.3. The smallest absolute Gasteiger partial charge is 0.380 e. The Morgan fingerprint density at radius 2 is 1.61 bits per heavy atom. The molecule has 0 aromatic carbocycles. The molecule has 9 atom stereocenters. The predicted molar refractivity (Wildman–Crippen MR) is 106 cm³/mol. The number of hydrogen-bond acceptors (Lipinski definition) is 1. The maximum atomic E-state index is 13.5. The molecule has 0 spiro atoms. The number of fused-ring (bicyclic) bond motifs is 5. The van der Waals surface area contributed by atoms with E-state index >= 15 is 0 Å². The minimum absolute atomic E-state index is 0.0177. The van der Waals surface area contributed by atoms with Crippen LogP contribution >= 0.6 is 0 Å². The Balaban J connectivity index is 1.57. The summed E-state index contributed by atoms with van der Waals surface area (Å²) in [6.07, 6.45) is 4.14. The Morgan fingerprint density at radius 1 is 0.929 bits per heavy atom. The molecule has 1 nitrogen and oxygen atoms in total. The van der Waals surface area contributed by atoms with Gasteiger partial charge in [-0.3, -0.25) is 0 Å². The molecule has 162 valence electrons. The second-order valence-electron chi connectivity index (χ2n) is 11.5. The third kappa shape index (κ3) is 2.82. The van der Waals surface area contributed by atoms with Gasteiger partial charge in [0.05, 0.1) is 0 Å². The van der Waals surface area contributed by atoms with Crippen molar-refractivity contribution < 1.29 is 18.3 Å². The van der Waals surface area contributed by atoms with Gasteiger partial charge in [0, 0.05) is 0 Å². The molecule has 2 unspecified atom stereocenters. The van der Waals surface area contributed by atoms with Gasteiger partial charge >= 0.3 is 6.18 Å². The Labute approximate surface area is 168 Å². The van der Waals surface area contributed by atoms with Crippen molar-refractivity contribution in [2.45, 2.75) is 104 Å². The van der Waals surface area contributed by atoms with Crippen molar-refractivity contribution in [3.8, 4) is 0 Å². The molecular weight excluding hydrogens is 361 g/mol. The molecule has 0 saturated heterocycles. The number of hydrogen-bond donors (Lipinski definition) is 1. The molecule has 0 aliphatic heterocycles. The fourth-order valence-corrected chi connectivity index (χ4v) is 8.76. The molecule has 4 rings (SSSR count). The zero-order valence-corrected chi connectivity index (χ0v) is 18.1. The third-order valence-electron chi connectivity index (χ3n) is 10.7. The van der Waals surface area contributed by atoms with Gasteiger partial charge < -0.3 is 5.11 Å². The van der Waals surface area contributed by atoms with Gasteiger partial charge in [-0.15, -0.1) is 0 Å². The van der Waals surface area contributed by atoms with Gasteiger partial charge in [-0.2, -0.15) is 13.2 Å². The molecule has 4 aliphatic rings. The molecule has 0 aromatic heterocycles. The number of rotatable bonds is 2. The fourth-order valence-electron chi connectivity index (χ4n) is 8.76. The van der Waals surface area contributed by atoms with Crippen LogP contribution in [0, 0.1) is 46.3 Å². The summed E-state index contributed by atoms with van der Waals surface area (Å²) in [7, 11) is 0. The molecule has 4 heteroatoms. The van der Waals surface area contributed by atoms with Crippen molar-refractivity contribution in [1.82, 2.24) is 0 Å². The second-order valence-corrected chi connectivity index (χ2v) is 11.5. The Morgan fingerprint density at radius 3 is 2.25 bits per heavy atom. The molecule has 0 heterocycles. The van der Waals surface area contributed by atoms with Crippen LogP contribution in [-0.2, 0) is 0 Å². The first-order valence-electron chi connectivity index (χ1n) is 11.8. The van der Waals surface area contributed by atoms with Crippen molar-refractivity contribution in [1.29, 1.82) is 0 Å². The molecule has 4 saturated carbocycles. The SMILES string of the molecule is CC[C@@H](C)[C@H]1CCC2[C@@H]3CC[C@@H]4C[C@@](O)(C(F)(F)F)CC[C@]4(C)C3CC[C@@]21C. The molecule has 4 fully saturated rings. The maximum absolute atomic E-state index is 13.5. The van der Waals surface area contributed by atoms with Crippen LogP contribution in [0.25, 0.3) is 0 Å². The normalized spacial score (nSPS) is 52.5. The highest BCUT2D eigenvalue weighted by atomic mass is 19.4. The van der Waals surface area contributed by atoms with E-state index in [-0.39, 0.29) is 24.2 Å². The molecule has 0 aromatic rings. The van der Waals surface area contributed by atoms with Crippen LogP contribution in [0.3, 0.4) is 0 Å². The van der Waals surface area contributed by atoms with Crippen molar-refractivity contribution in [3.05, 3.63) is 0 Å². The molecular formula is C24H39F3O. The summed E-state index contributed by atoms with van der Waals surface area (Å²) in [5.41, 5.74) is -2.04. The summed E-state index contributed by atoms with van der Waals surface area (Å²) in [5.74, 6) is 3.60. The first kappa shape index (κ1) is 21.0. The van der Waals surface area contributed by atoms with Gasteiger partial charge in [0.25, 0.3) is 0 Å². The topological polar surface area (TPSA) is 20.2 Å². The van der Waals surface area contributed by atoms with E-state index in [2.05, 4.69) is 27.7 Å². The summed E-state index contributed by atoms with van der Waals surface area (Å²) in [4.78, 5) is 0. The summed E-state index contributed by atoms with van der Waals surface area (Å²) < 4.78 is 40.4. The van der Waals surface area contributed by atoms with E-state index in [0.717, 1.165) is 30.6 Å². The lowest BCUT2D eigenvalue weighted by Crippen LogP contribution is -2.59. The number of alkyl halides is 3. The Kier molecular flexibility index (Phi) is 4.97. The van der Waals surface area contributed by atoms with Crippen LogP contribution in [0.1, 0.15) is 91.9 Å². The van der Waals surface area contributed by atoms with Crippen molar-refractivity contribution >= 4 is 0 Å². The third-order valence-corrected chi connectivity index (χ3v) is 10.7. The van der Waals surface area contributed by atoms with Crippen molar-refractivity contribution in [2.24, 2.45) is 46.3 Å². The van der Waals surface area contributed by atoms with Gasteiger partial charge in [-0.05, 0) is 104 Å². The highest BCUT2D eigenvalue weighted by Crippen LogP contribution is 2.69. The van der Waals surface area contributed by atoms with E-state index in [1.165, 1.54) is 32.1 Å². The standard InChI is InChI=1S/C24H39F3O/c1-5-15(2)18-8-9-19-17-7-6-16-14-23(28,24(25,26)27)13-12-21(16,3)20(17)10-11-22(18,19)4/h15-20,28H,5-14H2,1-4H3/t15-,16-,17+,18-,19?,20?,21+,22-,23-/m1/s1. The Bertz CT molecular complexity index is 603. The van der Waals surface area contributed by atoms with Crippen LogP contribution in [0.2, 0.25) is 0 Å². The second kappa shape index (κ2) is 6.62. The molecule has 4 aliphatic carbocycles. The largest absolute Gasteiger partial charge is 0.417 e. The minimum atomic E-state index is -4.49. The van der Waals surface area contributed by atoms with Crippen LogP contribution < -0.4 is 0 Å². The molecule has 0 bridgehead atoms. The maximum Gasteiger partial charge on any atom is 0.417 e. The van der Waals surface area contributed by atoms with E-state index in [1.807, 2.05) is 0 Å². The van der Waals surface area contributed by atoms with Crippen molar-refractivity contribution in [2.75, 3.05) is 0 Å². The van der Waals surface area contributed by atoms with E-state index in [9.17, 15) is 18.3 Å². The number of halogens is 3. The lowest BCUT2D eigenvalue weighted by Gasteiger charge is -2.62. The molecule has 1 N–H and O–H groups in total. The first-order valence-corrected chi connectivity index (χ1v) is 11.8. The predicted octanol–water partition coefficient (Wildman–Crippen LogP) is 6.98. The van der Waals surface area contributed by atoms with E-state index in [1.54, 1.807) is 0 Å². The quantitative estimate of drug-likeness (QED) is 0.530. The summed E-state index contributed by atoms with van der Waals surface area (Å²) in [6.45, 7) is 9.54. The highest BCUT2D eigenvalue weighted by molar-refractivity contribution is 5.11. The minimum Gasteiger partial charge on any atom is -0.380 e. The summed E-state index contributed by atoms with van der Waals surface area (Å²) in [6, 6.07) is 0. The van der Waals surface area contributed by atoms with Crippen LogP contribution in [0.5, 0.6) is 0 Å². The number of aliphatic hydroxyl groups is 1. The molecule has 0 radical (unpaired) electrons. The van der Waals surface area contributed by atoms with Crippen LogP contribution in [-0.4, -0.2) is 16.9 Å². The highest BCUT2D eigenvalue weighted by Gasteiger charge is 2.65. The van der Waals surface area contributed by atoms with Gasteiger partial charge in [0.1, 0.15) is 0 Å². The van der Waals surface area contributed by atoms with Crippen LogP contribution in [0.15, 0.2) is 0 Å². The molecule has 28 heavy (non-hydrogen) atoms. The molecule has 0 amide bonds. The van der Waals surface area contributed by atoms with Gasteiger partial charge in [0.2, 0.25) is 0 Å². The Hall–Kier alpha value is -0.250. The van der Waals surface area contributed by atoms with Crippen LogP contribution in [0.4, 0.5) is 13.2 Å². The lowest BCUT2D eigenvalue weighted by molar-refractivity contribution is -0.290. The lowest BCUT2D eigenvalue weighted by atomic mass is 9.43. The average Bonchev–Trinajstić information content (AvgIpc) is 2.98. The first-order chi connectivity index (χ1) is 13.0. The van der Waals surface area contributed by atoms with Gasteiger partial charge in [0.15, 0.2) is 5.60 Å². The fraction of sp³-hybridized carbons (Fsp3) is 1.00. The van der Waals surface area contributed by atoms with E-state index < -0.39 is 11.8 Å². The van der Waals surface area contributed by atoms with E-state index in [0.29, 0.717) is 23.7 Å².